The first-order chi connectivity index (χ1) is 16.3. The Hall–Kier alpha value is -2.82. The Labute approximate surface area is 199 Å². The zero-order chi connectivity index (χ0) is 23.1. The van der Waals surface area contributed by atoms with Gasteiger partial charge >= 0.3 is 0 Å². The standard InChI is InChI=1S/C25H27NO2.C4H11N/c1-3-7-20(8-4-1)18-27-23-11-12-24(22-13-15-26-16-14-22)25(17-23)28-19-21-9-5-2-6-10-21;1-2-3-4-5/h1-12,17,22,26H,13-16,18-19H2;2-5H2,1H3. The second-order valence-corrected chi connectivity index (χ2v) is 8.41. The minimum atomic E-state index is 0.537. The third-order valence-electron chi connectivity index (χ3n) is 5.81. The fourth-order valence-electron chi connectivity index (χ4n) is 3.88. The number of nitrogens with two attached hydrogens (primary N) is 1. The number of ether oxygens (including phenoxy) is 2. The van der Waals surface area contributed by atoms with E-state index in [0.29, 0.717) is 19.1 Å². The van der Waals surface area contributed by atoms with Gasteiger partial charge in [-0.15, -0.1) is 0 Å². The van der Waals surface area contributed by atoms with E-state index in [9.17, 15) is 0 Å². The molecule has 0 spiro atoms. The lowest BCUT2D eigenvalue weighted by Crippen LogP contribution is -2.26. The lowest BCUT2D eigenvalue weighted by atomic mass is 9.89. The summed E-state index contributed by atoms with van der Waals surface area (Å²) in [6.45, 7) is 6.24. The summed E-state index contributed by atoms with van der Waals surface area (Å²) in [4.78, 5) is 0. The summed E-state index contributed by atoms with van der Waals surface area (Å²) in [6, 6.07) is 26.9. The summed E-state index contributed by atoms with van der Waals surface area (Å²) >= 11 is 0. The SMILES string of the molecule is CCCCN.c1ccc(COc2ccc(C3CCNCC3)c(OCc3ccccc3)c2)cc1. The molecule has 33 heavy (non-hydrogen) atoms. The molecule has 0 bridgehead atoms. The molecule has 0 unspecified atom stereocenters. The zero-order valence-corrected chi connectivity index (χ0v) is 19.8. The highest BCUT2D eigenvalue weighted by Crippen LogP contribution is 2.36. The number of rotatable bonds is 9. The summed E-state index contributed by atoms with van der Waals surface area (Å²) < 4.78 is 12.3. The summed E-state index contributed by atoms with van der Waals surface area (Å²) in [5, 5.41) is 3.45. The van der Waals surface area contributed by atoms with Crippen LogP contribution in [0.3, 0.4) is 0 Å². The Kier molecular flexibility index (Phi) is 10.8. The molecule has 1 aliphatic heterocycles. The molecule has 0 atom stereocenters. The summed E-state index contributed by atoms with van der Waals surface area (Å²) in [5.74, 6) is 2.33. The quantitative estimate of drug-likeness (QED) is 0.420. The van der Waals surface area contributed by atoms with Crippen molar-refractivity contribution in [2.45, 2.75) is 51.7 Å². The number of piperidine rings is 1. The Bertz CT molecular complexity index is 907. The van der Waals surface area contributed by atoms with E-state index in [1.54, 1.807) is 0 Å². The smallest absolute Gasteiger partial charge is 0.126 e. The number of benzene rings is 3. The molecule has 0 aromatic heterocycles. The molecule has 0 saturated carbocycles. The first kappa shape index (κ1) is 24.8. The van der Waals surface area contributed by atoms with E-state index in [4.69, 9.17) is 15.2 Å². The van der Waals surface area contributed by atoms with Crippen LogP contribution >= 0.6 is 0 Å². The highest BCUT2D eigenvalue weighted by Gasteiger charge is 2.20. The maximum absolute atomic E-state index is 6.27. The van der Waals surface area contributed by atoms with E-state index < -0.39 is 0 Å². The van der Waals surface area contributed by atoms with Gasteiger partial charge in [-0.3, -0.25) is 0 Å². The highest BCUT2D eigenvalue weighted by atomic mass is 16.5. The van der Waals surface area contributed by atoms with Crippen molar-refractivity contribution in [3.05, 3.63) is 95.6 Å². The molecule has 4 rings (SSSR count). The molecule has 176 valence electrons. The van der Waals surface area contributed by atoms with Crippen molar-refractivity contribution >= 4 is 0 Å². The molecule has 0 aliphatic carbocycles. The van der Waals surface area contributed by atoms with Crippen LogP contribution in [-0.4, -0.2) is 19.6 Å². The number of unbranched alkanes of at least 4 members (excludes halogenated alkanes) is 1. The molecule has 1 aliphatic rings. The number of nitrogens with one attached hydrogen (secondary N) is 1. The van der Waals surface area contributed by atoms with E-state index in [0.717, 1.165) is 49.5 Å². The van der Waals surface area contributed by atoms with E-state index in [2.05, 4.69) is 54.7 Å². The van der Waals surface area contributed by atoms with Crippen molar-refractivity contribution in [1.29, 1.82) is 0 Å². The first-order valence-corrected chi connectivity index (χ1v) is 12.2. The second kappa shape index (κ2) is 14.4. The molecular formula is C29H38N2O2. The van der Waals surface area contributed by atoms with Gasteiger partial charge in [-0.05, 0) is 67.6 Å². The minimum Gasteiger partial charge on any atom is -0.489 e. The van der Waals surface area contributed by atoms with Gasteiger partial charge in [-0.2, -0.15) is 0 Å². The largest absolute Gasteiger partial charge is 0.489 e. The van der Waals surface area contributed by atoms with Crippen molar-refractivity contribution in [3.8, 4) is 11.5 Å². The Morgan fingerprint density at radius 3 is 1.97 bits per heavy atom. The molecule has 1 saturated heterocycles. The van der Waals surface area contributed by atoms with Crippen LogP contribution in [0.2, 0.25) is 0 Å². The summed E-state index contributed by atoms with van der Waals surface area (Å²) in [5.41, 5.74) is 8.77. The lowest BCUT2D eigenvalue weighted by molar-refractivity contribution is 0.284. The van der Waals surface area contributed by atoms with Gasteiger partial charge in [0, 0.05) is 6.07 Å². The monoisotopic (exact) mass is 446 g/mol. The number of hydrogen-bond donors (Lipinski definition) is 2. The van der Waals surface area contributed by atoms with Crippen LogP contribution in [0.25, 0.3) is 0 Å². The van der Waals surface area contributed by atoms with E-state index in [-0.39, 0.29) is 0 Å². The van der Waals surface area contributed by atoms with Gasteiger partial charge in [0.05, 0.1) is 0 Å². The average molecular weight is 447 g/mol. The minimum absolute atomic E-state index is 0.537. The highest BCUT2D eigenvalue weighted by molar-refractivity contribution is 5.43. The Morgan fingerprint density at radius 1 is 0.818 bits per heavy atom. The molecule has 3 aromatic rings. The third-order valence-corrected chi connectivity index (χ3v) is 5.81. The Morgan fingerprint density at radius 2 is 1.42 bits per heavy atom. The molecule has 1 fully saturated rings. The van der Waals surface area contributed by atoms with Gasteiger partial charge in [0.25, 0.3) is 0 Å². The molecule has 3 aromatic carbocycles. The van der Waals surface area contributed by atoms with Crippen LogP contribution < -0.4 is 20.5 Å². The molecule has 0 amide bonds. The molecule has 4 heteroatoms. The van der Waals surface area contributed by atoms with Gasteiger partial charge in [0.15, 0.2) is 0 Å². The summed E-state index contributed by atoms with van der Waals surface area (Å²) in [6.07, 6.45) is 4.67. The predicted octanol–water partition coefficient (Wildman–Crippen LogP) is 6.06. The molecular weight excluding hydrogens is 408 g/mol. The van der Waals surface area contributed by atoms with Crippen LogP contribution in [0.15, 0.2) is 78.9 Å². The van der Waals surface area contributed by atoms with E-state index in [1.807, 2.05) is 36.4 Å². The third kappa shape index (κ3) is 8.56. The van der Waals surface area contributed by atoms with Gasteiger partial charge in [-0.1, -0.05) is 80.1 Å². The lowest BCUT2D eigenvalue weighted by Gasteiger charge is -2.25. The van der Waals surface area contributed by atoms with Crippen LogP contribution in [0.4, 0.5) is 0 Å². The number of hydrogen-bond acceptors (Lipinski definition) is 4. The molecule has 3 N–H and O–H groups in total. The van der Waals surface area contributed by atoms with Crippen molar-refractivity contribution in [2.75, 3.05) is 19.6 Å². The zero-order valence-electron chi connectivity index (χ0n) is 19.8. The van der Waals surface area contributed by atoms with Crippen LogP contribution in [0, 0.1) is 0 Å². The molecule has 1 heterocycles. The van der Waals surface area contributed by atoms with Crippen LogP contribution in [0.1, 0.15) is 55.2 Å². The van der Waals surface area contributed by atoms with E-state index in [1.165, 1.54) is 24.0 Å². The van der Waals surface area contributed by atoms with Gasteiger partial charge < -0.3 is 20.5 Å². The predicted molar refractivity (Wildman–Crippen MR) is 137 cm³/mol. The maximum atomic E-state index is 6.27. The fraction of sp³-hybridized carbons (Fsp3) is 0.379. The van der Waals surface area contributed by atoms with Crippen molar-refractivity contribution in [1.82, 2.24) is 5.32 Å². The van der Waals surface area contributed by atoms with Gasteiger partial charge in [0.2, 0.25) is 0 Å². The van der Waals surface area contributed by atoms with Gasteiger partial charge in [0.1, 0.15) is 24.7 Å². The van der Waals surface area contributed by atoms with Crippen molar-refractivity contribution < 1.29 is 9.47 Å². The molecule has 0 radical (unpaired) electrons. The summed E-state index contributed by atoms with van der Waals surface area (Å²) in [7, 11) is 0. The normalized spacial score (nSPS) is 13.6. The fourth-order valence-corrected chi connectivity index (χ4v) is 3.88. The van der Waals surface area contributed by atoms with Crippen LogP contribution in [-0.2, 0) is 13.2 Å². The van der Waals surface area contributed by atoms with E-state index >= 15 is 0 Å². The van der Waals surface area contributed by atoms with Gasteiger partial charge in [-0.25, -0.2) is 0 Å². The van der Waals surface area contributed by atoms with Crippen molar-refractivity contribution in [2.24, 2.45) is 5.73 Å². The Balaban J connectivity index is 0.000000555. The first-order valence-electron chi connectivity index (χ1n) is 12.2. The average Bonchev–Trinajstić information content (AvgIpc) is 2.89. The van der Waals surface area contributed by atoms with Crippen LogP contribution in [0.5, 0.6) is 11.5 Å². The maximum Gasteiger partial charge on any atom is 0.126 e. The topological polar surface area (TPSA) is 56.5 Å². The molecule has 4 nitrogen and oxygen atoms in total. The second-order valence-electron chi connectivity index (χ2n) is 8.41. The van der Waals surface area contributed by atoms with Crippen molar-refractivity contribution in [3.63, 3.8) is 0 Å².